The molecule has 284 valence electrons. The first-order valence-electron chi connectivity index (χ1n) is 21.2. The van der Waals surface area contributed by atoms with Crippen LogP contribution in [-0.4, -0.2) is 36.4 Å². The fraction of sp³-hybridized carbons (Fsp3) is 0.907. The van der Waals surface area contributed by atoms with Gasteiger partial charge >= 0.3 is 11.9 Å². The number of hydrogen-bond acceptors (Lipinski definition) is 5. The summed E-state index contributed by atoms with van der Waals surface area (Å²) in [6.45, 7) is 4.14. The molecule has 1 N–H and O–H groups in total. The summed E-state index contributed by atoms with van der Waals surface area (Å²) in [4.78, 5) is 24.3. The Labute approximate surface area is 299 Å². The quantitative estimate of drug-likeness (QED) is 0.0398. The Kier molecular flexibility index (Phi) is 38.9. The smallest absolute Gasteiger partial charge is 0.306 e. The predicted octanol–water partition coefficient (Wildman–Crippen LogP) is 13.3. The van der Waals surface area contributed by atoms with E-state index in [9.17, 15) is 14.7 Å². The molecule has 0 saturated carbocycles. The zero-order chi connectivity index (χ0) is 35.0. The average Bonchev–Trinajstić information content (AvgIpc) is 3.09. The summed E-state index contributed by atoms with van der Waals surface area (Å²) in [6, 6.07) is 0. The number of carbonyl (C=O) groups is 2. The Morgan fingerprint density at radius 3 is 1.15 bits per heavy atom. The second-order valence-corrected chi connectivity index (χ2v) is 14.4. The number of hydrogen-bond donors (Lipinski definition) is 1. The van der Waals surface area contributed by atoms with Crippen molar-refractivity contribution in [2.24, 2.45) is 0 Å². The molecule has 0 saturated heterocycles. The number of unbranched alkanes of at least 4 members (excludes halogenated alkanes) is 29. The van der Waals surface area contributed by atoms with Crippen LogP contribution in [0.25, 0.3) is 0 Å². The van der Waals surface area contributed by atoms with Crippen molar-refractivity contribution in [2.45, 2.75) is 238 Å². The monoisotopic (exact) mass is 679 g/mol. The van der Waals surface area contributed by atoms with Crippen molar-refractivity contribution < 1.29 is 24.2 Å². The zero-order valence-corrected chi connectivity index (χ0v) is 32.3. The molecule has 0 radical (unpaired) electrons. The molecule has 0 aromatic rings. The van der Waals surface area contributed by atoms with Crippen molar-refractivity contribution in [3.8, 4) is 0 Å². The van der Waals surface area contributed by atoms with E-state index in [1.807, 2.05) is 0 Å². The van der Waals surface area contributed by atoms with Gasteiger partial charge in [-0.15, -0.1) is 0 Å². The van der Waals surface area contributed by atoms with Gasteiger partial charge in [0.05, 0.1) is 6.61 Å². The summed E-state index contributed by atoms with van der Waals surface area (Å²) >= 11 is 0. The number of aliphatic hydroxyl groups is 1. The molecule has 0 aliphatic rings. The van der Waals surface area contributed by atoms with E-state index in [0.29, 0.717) is 12.8 Å². The summed E-state index contributed by atoms with van der Waals surface area (Å²) in [5, 5.41) is 9.55. The molecule has 0 aromatic carbocycles. The summed E-state index contributed by atoms with van der Waals surface area (Å²) in [5.74, 6) is -0.589. The van der Waals surface area contributed by atoms with E-state index in [0.717, 1.165) is 38.5 Å². The SMILES string of the molecule is CCCCCCC=CCCCCCCCC(=O)OC(CO)COC(=O)CCCCCCCCCCCCCCCCCCCCCCC. The van der Waals surface area contributed by atoms with Gasteiger partial charge < -0.3 is 14.6 Å². The van der Waals surface area contributed by atoms with Crippen LogP contribution in [0.2, 0.25) is 0 Å². The van der Waals surface area contributed by atoms with Gasteiger partial charge in [-0.1, -0.05) is 193 Å². The normalized spacial score (nSPS) is 12.1. The molecule has 5 nitrogen and oxygen atoms in total. The predicted molar refractivity (Wildman–Crippen MR) is 205 cm³/mol. The molecule has 0 aromatic heterocycles. The lowest BCUT2D eigenvalue weighted by molar-refractivity contribution is -0.161. The minimum atomic E-state index is -0.769. The first kappa shape index (κ1) is 46.6. The Hall–Kier alpha value is -1.36. The Bertz CT molecular complexity index is 691. The minimum absolute atomic E-state index is 0.0630. The number of esters is 2. The van der Waals surface area contributed by atoms with E-state index in [2.05, 4.69) is 26.0 Å². The minimum Gasteiger partial charge on any atom is -0.462 e. The van der Waals surface area contributed by atoms with Gasteiger partial charge in [-0.3, -0.25) is 9.59 Å². The number of rotatable bonds is 39. The molecule has 1 unspecified atom stereocenters. The van der Waals surface area contributed by atoms with E-state index >= 15 is 0 Å². The highest BCUT2D eigenvalue weighted by Crippen LogP contribution is 2.16. The Morgan fingerprint density at radius 1 is 0.458 bits per heavy atom. The topological polar surface area (TPSA) is 72.8 Å². The Morgan fingerprint density at radius 2 is 0.771 bits per heavy atom. The number of ether oxygens (including phenoxy) is 2. The van der Waals surface area contributed by atoms with Gasteiger partial charge in [-0.2, -0.15) is 0 Å². The second kappa shape index (κ2) is 40.1. The van der Waals surface area contributed by atoms with Gasteiger partial charge in [-0.05, 0) is 38.5 Å². The van der Waals surface area contributed by atoms with Gasteiger partial charge in [0.15, 0.2) is 6.10 Å². The van der Waals surface area contributed by atoms with Crippen LogP contribution in [0.3, 0.4) is 0 Å². The molecule has 0 aliphatic carbocycles. The summed E-state index contributed by atoms with van der Waals surface area (Å²) in [5.41, 5.74) is 0. The van der Waals surface area contributed by atoms with E-state index in [4.69, 9.17) is 9.47 Å². The largest absolute Gasteiger partial charge is 0.462 e. The lowest BCUT2D eigenvalue weighted by Gasteiger charge is -2.15. The van der Waals surface area contributed by atoms with Gasteiger partial charge in [0, 0.05) is 12.8 Å². The first-order chi connectivity index (χ1) is 23.6. The van der Waals surface area contributed by atoms with Crippen molar-refractivity contribution >= 4 is 11.9 Å². The lowest BCUT2D eigenvalue weighted by Crippen LogP contribution is -2.28. The van der Waals surface area contributed by atoms with Crippen LogP contribution in [-0.2, 0) is 19.1 Å². The van der Waals surface area contributed by atoms with Gasteiger partial charge in [0.2, 0.25) is 0 Å². The highest BCUT2D eigenvalue weighted by molar-refractivity contribution is 5.70. The van der Waals surface area contributed by atoms with Crippen LogP contribution in [0.1, 0.15) is 232 Å². The number of carbonyl (C=O) groups excluding carboxylic acids is 2. The maximum atomic E-state index is 12.1. The molecule has 5 heteroatoms. The molecule has 0 rings (SSSR count). The molecule has 0 aliphatic heterocycles. The fourth-order valence-corrected chi connectivity index (χ4v) is 6.31. The molecule has 1 atom stereocenters. The third kappa shape index (κ3) is 37.5. The maximum absolute atomic E-state index is 12.1. The lowest BCUT2D eigenvalue weighted by atomic mass is 10.0. The van der Waals surface area contributed by atoms with Crippen molar-refractivity contribution in [1.82, 2.24) is 0 Å². The maximum Gasteiger partial charge on any atom is 0.306 e. The van der Waals surface area contributed by atoms with Crippen LogP contribution >= 0.6 is 0 Å². The molecular formula is C43H82O5. The third-order valence-electron chi connectivity index (χ3n) is 9.56. The summed E-state index contributed by atoms with van der Waals surface area (Å²) in [6.07, 6.45) is 45.7. The summed E-state index contributed by atoms with van der Waals surface area (Å²) < 4.78 is 10.6. The van der Waals surface area contributed by atoms with Crippen LogP contribution in [0.4, 0.5) is 0 Å². The molecular weight excluding hydrogens is 596 g/mol. The van der Waals surface area contributed by atoms with Crippen LogP contribution in [0.15, 0.2) is 12.2 Å². The molecule has 0 amide bonds. The fourth-order valence-electron chi connectivity index (χ4n) is 6.31. The number of allylic oxidation sites excluding steroid dienone is 2. The zero-order valence-electron chi connectivity index (χ0n) is 32.3. The van der Waals surface area contributed by atoms with Crippen LogP contribution in [0.5, 0.6) is 0 Å². The van der Waals surface area contributed by atoms with Crippen molar-refractivity contribution in [3.05, 3.63) is 12.2 Å². The van der Waals surface area contributed by atoms with E-state index in [1.54, 1.807) is 0 Å². The highest BCUT2D eigenvalue weighted by atomic mass is 16.6. The van der Waals surface area contributed by atoms with Crippen molar-refractivity contribution in [2.75, 3.05) is 13.2 Å². The third-order valence-corrected chi connectivity index (χ3v) is 9.56. The molecule has 0 bridgehead atoms. The highest BCUT2D eigenvalue weighted by Gasteiger charge is 2.16. The van der Waals surface area contributed by atoms with E-state index in [-0.39, 0.29) is 25.2 Å². The van der Waals surface area contributed by atoms with Crippen LogP contribution in [0, 0.1) is 0 Å². The molecule has 0 spiro atoms. The van der Waals surface area contributed by atoms with Gasteiger partial charge in [0.25, 0.3) is 0 Å². The van der Waals surface area contributed by atoms with E-state index in [1.165, 1.54) is 167 Å². The molecule has 0 fully saturated rings. The van der Waals surface area contributed by atoms with Crippen molar-refractivity contribution in [1.29, 1.82) is 0 Å². The van der Waals surface area contributed by atoms with E-state index < -0.39 is 6.10 Å². The first-order valence-corrected chi connectivity index (χ1v) is 21.2. The average molecular weight is 679 g/mol. The number of aliphatic hydroxyl groups excluding tert-OH is 1. The van der Waals surface area contributed by atoms with Crippen LogP contribution < -0.4 is 0 Å². The second-order valence-electron chi connectivity index (χ2n) is 14.4. The molecule has 0 heterocycles. The summed E-state index contributed by atoms with van der Waals surface area (Å²) in [7, 11) is 0. The van der Waals surface area contributed by atoms with Gasteiger partial charge in [0.1, 0.15) is 6.61 Å². The Balaban J connectivity index is 3.47. The van der Waals surface area contributed by atoms with Gasteiger partial charge in [-0.25, -0.2) is 0 Å². The molecule has 48 heavy (non-hydrogen) atoms. The standard InChI is InChI=1S/C43H82O5/c1-3-5-7-9-11-13-15-17-18-19-20-21-22-23-24-26-27-29-31-33-35-37-42(45)47-40-41(39-44)48-43(46)38-36-34-32-30-28-25-16-14-12-10-8-6-4-2/h14,16,41,44H,3-13,15,17-40H2,1-2H3. The van der Waals surface area contributed by atoms with Crippen molar-refractivity contribution in [3.63, 3.8) is 0 Å².